The maximum absolute atomic E-state index is 11.7. The molecule has 8 atom stereocenters. The number of methoxy groups -OCH3 is 1. The molecule has 0 saturated carbocycles. The van der Waals surface area contributed by atoms with Crippen molar-refractivity contribution in [2.75, 3.05) is 315 Å². The van der Waals surface area contributed by atoms with Crippen LogP contribution in [0.5, 0.6) is 0 Å². The monoisotopic (exact) mass is 1940 g/mol. The van der Waals surface area contributed by atoms with Gasteiger partial charge >= 0.3 is 69.8 Å². The van der Waals surface area contributed by atoms with E-state index in [-0.39, 0.29) is 227 Å². The predicted octanol–water partition coefficient (Wildman–Crippen LogP) is -6.95. The van der Waals surface area contributed by atoms with Crippen LogP contribution in [0.4, 0.5) is 0 Å². The number of carboxylic acids is 4. The first kappa shape index (κ1) is 132. The van der Waals surface area contributed by atoms with Crippen LogP contribution in [0, 0.1) is 39.9 Å². The first-order valence-corrected chi connectivity index (χ1v) is 39.6. The summed E-state index contributed by atoms with van der Waals surface area (Å²) in [5.41, 5.74) is 3.13. The van der Waals surface area contributed by atoms with Crippen molar-refractivity contribution in [1.82, 2.24) is 98.4 Å². The summed E-state index contributed by atoms with van der Waals surface area (Å²) in [7, 11) is 1.30. The van der Waals surface area contributed by atoms with Crippen molar-refractivity contribution in [2.45, 2.75) is 132 Å². The summed E-state index contributed by atoms with van der Waals surface area (Å²) in [5.74, 6) is -6.90. The zero-order valence-corrected chi connectivity index (χ0v) is 71.5. The standard InChI is InChI=1S/C18H36N6O9.C18H34N4O9.C15H32N4O3.C8H20N4.C7H12O3.C3H5ClO2.6CH4.Gd.H3N/c25-12-14(15(27)13-26)24-7-5-22(10-17(29)20-33)2-1-21(9-16(28)19-32)3-4-23(6-8-24)11-18(30)31;23-12-14(15(25)13-24)22-7-5-20(10-17(28)29)3-1-19(9-16(26)27)2-4-21(6-8-22)11-18(30)31;1-15(2)21-11-13(14(20)12-22-15)19-9-7-17-5-3-16-4-6-18-8-10-19;1-2-10-5-6-12-8-7-11-4-3-9-1;1-7(2)8-3-5-6(10-5)4-9-7;1-6-3(5)2-4;;;;;;;;/h14-15,25-27,32-33H,1-13H2,(H,19,28)(H,20,29)(H,30,31);14-15,23-25H,1-13H2,(H,26,27)(H,28,29)(H,30,31);13-14,16-18,20H,3-12H2,1-2H3;9-12H,1-8H2;5-6H,3-4H2,1-2H3;2H2,1H3;6*1H4;;1H3/q;;;;;;;;;;;;+3;/t2*14-,15-;;;;;;;;;;;;/m11............/s1. The van der Waals surface area contributed by atoms with Crippen molar-refractivity contribution in [3.05, 3.63) is 0 Å². The van der Waals surface area contributed by atoms with E-state index in [2.05, 4.69) is 46.9 Å². The number of hydrogen-bond acceptors (Lipinski definition) is 39. The topological polar surface area (TPSA) is 614 Å². The van der Waals surface area contributed by atoms with Crippen molar-refractivity contribution in [2.24, 2.45) is 0 Å². The van der Waals surface area contributed by atoms with E-state index in [1.165, 1.54) is 7.11 Å². The molecular formula is C75H166ClGdN19O26+3. The van der Waals surface area contributed by atoms with E-state index in [1.54, 1.807) is 50.2 Å². The van der Waals surface area contributed by atoms with Crippen LogP contribution in [0.1, 0.15) is 72.3 Å². The third-order valence-electron chi connectivity index (χ3n) is 19.1. The van der Waals surface area contributed by atoms with Crippen LogP contribution in [0.3, 0.4) is 0 Å². The summed E-state index contributed by atoms with van der Waals surface area (Å²) in [6.07, 6.45) is -2.35. The second-order valence-electron chi connectivity index (χ2n) is 28.8. The molecule has 47 heteroatoms. The molecule has 7 saturated heterocycles. The summed E-state index contributed by atoms with van der Waals surface area (Å²) in [5, 5.41) is 147. The zero-order chi connectivity index (χ0) is 84.7. The second-order valence-corrected chi connectivity index (χ2v) is 29.0. The Morgan fingerprint density at radius 3 is 0.885 bits per heavy atom. The Kier molecular flexibility index (Phi) is 85.0. The molecule has 7 aliphatic rings. The van der Waals surface area contributed by atoms with Gasteiger partial charge in [-0.2, -0.15) is 0 Å². The van der Waals surface area contributed by atoms with E-state index < -0.39 is 110 Å². The summed E-state index contributed by atoms with van der Waals surface area (Å²) < 4.78 is 31.6. The number of carbonyl (C=O) groups excluding carboxylic acids is 3. The Morgan fingerprint density at radius 2 is 0.656 bits per heavy atom. The minimum absolute atomic E-state index is 0. The average molecular weight is 1940 g/mol. The molecule has 25 N–H and O–H groups in total. The zero-order valence-electron chi connectivity index (χ0n) is 68.4. The third-order valence-corrected chi connectivity index (χ3v) is 19.3. The molecule has 7 heterocycles. The molecule has 7 aliphatic heterocycles. The summed E-state index contributed by atoms with van der Waals surface area (Å²) in [4.78, 5) is 93.9. The van der Waals surface area contributed by atoms with E-state index in [4.69, 9.17) is 50.8 Å². The molecule has 2 amide bonds. The van der Waals surface area contributed by atoms with Crippen molar-refractivity contribution < 1.29 is 169 Å². The van der Waals surface area contributed by atoms with Gasteiger partial charge in [0.1, 0.15) is 18.1 Å². The van der Waals surface area contributed by atoms with Crippen molar-refractivity contribution in [3.8, 4) is 0 Å². The van der Waals surface area contributed by atoms with Gasteiger partial charge in [-0.15, -0.1) is 11.6 Å². The van der Waals surface area contributed by atoms with Crippen LogP contribution in [-0.4, -0.2) is 527 Å². The number of ether oxygens (including phenoxy) is 6. The number of nitrogens with one attached hydrogen (secondary N) is 9. The molecule has 0 aromatic carbocycles. The molecule has 0 aliphatic carbocycles. The van der Waals surface area contributed by atoms with Gasteiger partial charge in [0.2, 0.25) is 0 Å². The number of carboxylic acid groups (broad SMARTS) is 4. The van der Waals surface area contributed by atoms with E-state index in [0.717, 1.165) is 105 Å². The molecule has 45 nitrogen and oxygen atoms in total. The number of epoxide rings is 1. The molecule has 0 bridgehead atoms. The van der Waals surface area contributed by atoms with Gasteiger partial charge < -0.3 is 128 Å². The van der Waals surface area contributed by atoms with E-state index in [9.17, 15) is 84.6 Å². The number of amides is 2. The Hall–Kier alpha value is -3.34. The number of aliphatic hydroxyl groups is 7. The fourth-order valence-electron chi connectivity index (χ4n) is 12.3. The summed E-state index contributed by atoms with van der Waals surface area (Å²) >= 11 is 4.98. The van der Waals surface area contributed by atoms with E-state index in [0.29, 0.717) is 58.3 Å². The number of carbonyl (C=O) groups is 7. The number of aliphatic hydroxyl groups excluding tert-OH is 7. The molecular weight excluding hydrogens is 1780 g/mol. The number of rotatable bonds is 22. The maximum Gasteiger partial charge on any atom is 3.00 e. The van der Waals surface area contributed by atoms with Crippen LogP contribution >= 0.6 is 11.6 Å². The van der Waals surface area contributed by atoms with Crippen LogP contribution in [0.2, 0.25) is 0 Å². The Morgan fingerprint density at radius 1 is 0.410 bits per heavy atom. The van der Waals surface area contributed by atoms with Gasteiger partial charge in [-0.05, 0) is 27.7 Å². The molecule has 0 aromatic heterocycles. The van der Waals surface area contributed by atoms with Gasteiger partial charge in [-0.3, -0.25) is 88.1 Å². The molecule has 0 aromatic rings. The molecule has 0 spiro atoms. The molecule has 7 rings (SSSR count). The van der Waals surface area contributed by atoms with E-state index >= 15 is 0 Å². The van der Waals surface area contributed by atoms with Crippen molar-refractivity contribution in [1.29, 1.82) is 0 Å². The van der Waals surface area contributed by atoms with Crippen LogP contribution in [-0.2, 0) is 62.0 Å². The minimum Gasteiger partial charge on any atom is -0.480 e. The minimum atomic E-state index is -1.22. The number of alkyl halides is 1. The number of aliphatic carboxylic acids is 4. The fourth-order valence-corrected chi connectivity index (χ4v) is 12.4. The van der Waals surface area contributed by atoms with Gasteiger partial charge in [0, 0.05) is 209 Å². The molecule has 729 valence electrons. The number of hydrogen-bond donors (Lipinski definition) is 23. The smallest absolute Gasteiger partial charge is 0.480 e. The van der Waals surface area contributed by atoms with Gasteiger partial charge in [-0.25, -0.2) is 11.0 Å². The second kappa shape index (κ2) is 78.7. The third kappa shape index (κ3) is 63.6. The van der Waals surface area contributed by atoms with Crippen LogP contribution in [0.25, 0.3) is 0 Å². The van der Waals surface area contributed by atoms with Gasteiger partial charge in [0.15, 0.2) is 11.6 Å². The SMILES string of the molecule is C.C.C.C.C.C.C1CNCCNCCNCCN1.CC1(C)OCC(O)C(N2CCNCCNCCNCC2)CO1.CC1(C)OCC2OC2CO1.COC(=O)CCl.N.O=C(O)CN1CCN(CC(=O)NO)CCN(CC(=O)NO)CCN([C@H](CO)[C@H](O)CO)CC1.O=C(O)CN1CCN(CC(=O)O)CCN([C@H](CO)[C@H](O)CO)CCN(CC(=O)O)CC1.[Gd+3]. The fraction of sp³-hybridized carbons (Fsp3) is 0.907. The molecule has 1 radical (unpaired) electrons. The first-order chi connectivity index (χ1) is 54.5. The number of halogens is 1. The number of hydroxylamine groups is 2. The van der Waals surface area contributed by atoms with Crippen molar-refractivity contribution in [3.63, 3.8) is 0 Å². The van der Waals surface area contributed by atoms with Gasteiger partial charge in [0.05, 0.1) is 136 Å². The van der Waals surface area contributed by atoms with Crippen molar-refractivity contribution >= 4 is 53.3 Å². The van der Waals surface area contributed by atoms with E-state index in [1.807, 2.05) is 27.7 Å². The average Bonchev–Trinajstić information content (AvgIpc) is 1.67. The summed E-state index contributed by atoms with van der Waals surface area (Å²) in [6.45, 7) is 27.0. The Labute approximate surface area is 762 Å². The normalized spacial score (nSPS) is 23.2. The maximum atomic E-state index is 11.7. The number of fused-ring (bicyclic) bond motifs is 1. The van der Waals surface area contributed by atoms with Crippen LogP contribution in [0.15, 0.2) is 0 Å². The van der Waals surface area contributed by atoms with Gasteiger partial charge in [-0.1, -0.05) is 44.6 Å². The van der Waals surface area contributed by atoms with Gasteiger partial charge in [0.25, 0.3) is 11.8 Å². The first-order valence-electron chi connectivity index (χ1n) is 39.0. The Bertz CT molecular complexity index is 2500. The molecule has 4 unspecified atom stereocenters. The number of esters is 1. The van der Waals surface area contributed by atoms with Crippen LogP contribution < -0.4 is 54.3 Å². The quantitative estimate of drug-likeness (QED) is 0.0157. The number of nitrogens with zero attached hydrogens (tertiary/aromatic N) is 9. The predicted molar refractivity (Wildman–Crippen MR) is 460 cm³/mol. The summed E-state index contributed by atoms with van der Waals surface area (Å²) in [6, 6.07) is -1.62. The molecule has 122 heavy (non-hydrogen) atoms. The molecule has 7 fully saturated rings. The Balaban J connectivity index is -0.000000274. The largest absolute Gasteiger partial charge is 3.00 e.